The first-order valence-corrected chi connectivity index (χ1v) is 22.9. The van der Waals surface area contributed by atoms with E-state index in [9.17, 15) is 5.11 Å². The lowest BCUT2D eigenvalue weighted by Crippen LogP contribution is -2.25. The van der Waals surface area contributed by atoms with Crippen molar-refractivity contribution in [1.82, 2.24) is 0 Å². The quantitative estimate of drug-likeness (QED) is 0.0397. The zero-order chi connectivity index (χ0) is 45.7. The van der Waals surface area contributed by atoms with Gasteiger partial charge in [-0.05, 0) is 65.0 Å². The Morgan fingerprint density at radius 3 is 1.41 bits per heavy atom. The maximum absolute atomic E-state index is 9.90. The zero-order valence-corrected chi connectivity index (χ0v) is 39.6. The third-order valence-electron chi connectivity index (χ3n) is 12.8. The van der Waals surface area contributed by atoms with Crippen molar-refractivity contribution in [2.24, 2.45) is 0 Å². The van der Waals surface area contributed by atoms with Gasteiger partial charge in [-0.2, -0.15) is 0 Å². The Bertz CT molecular complexity index is 2440. The van der Waals surface area contributed by atoms with Gasteiger partial charge in [0.05, 0.1) is 52.9 Å². The van der Waals surface area contributed by atoms with Gasteiger partial charge >= 0.3 is 0 Å². The van der Waals surface area contributed by atoms with Crippen LogP contribution in [0.2, 0.25) is 0 Å². The molecule has 0 bridgehead atoms. The fraction of sp³-hybridized carbons (Fsp3) is 0.481. The molecule has 10 nitrogen and oxygen atoms in total. The van der Waals surface area contributed by atoms with Gasteiger partial charge in [-0.25, -0.2) is 0 Å². The molecular weight excluding hydrogens is 809 g/mol. The predicted molar refractivity (Wildman–Crippen MR) is 259 cm³/mol. The summed E-state index contributed by atoms with van der Waals surface area (Å²) >= 11 is 0. The van der Waals surface area contributed by atoms with E-state index in [0.717, 1.165) is 83.6 Å². The van der Waals surface area contributed by atoms with Gasteiger partial charge in [0.1, 0.15) is 49.4 Å². The van der Waals surface area contributed by atoms with Gasteiger partial charge in [0.15, 0.2) is 0 Å². The Hall–Kier alpha value is -4.68. The predicted octanol–water partition coefficient (Wildman–Crippen LogP) is 10.9. The molecule has 0 aliphatic heterocycles. The second-order valence-corrected chi connectivity index (χ2v) is 17.4. The van der Waals surface area contributed by atoms with E-state index in [1.807, 2.05) is 19.1 Å². The molecule has 6 rings (SSSR count). The van der Waals surface area contributed by atoms with Crippen LogP contribution in [0.4, 0.5) is 0 Å². The Balaban J connectivity index is 1.47. The highest BCUT2D eigenvalue weighted by atomic mass is 16.6. The van der Waals surface area contributed by atoms with Crippen LogP contribution in [0.3, 0.4) is 0 Å². The topological polar surface area (TPSA) is 103 Å². The van der Waals surface area contributed by atoms with Crippen molar-refractivity contribution in [2.75, 3.05) is 100 Å². The number of hydrogen-bond acceptors (Lipinski definition) is 10. The highest BCUT2D eigenvalue weighted by Gasteiger charge is 2.32. The fourth-order valence-electron chi connectivity index (χ4n) is 8.24. The molecule has 0 fully saturated rings. The number of aliphatic hydroxyl groups excluding tert-OH is 1. The minimum Gasteiger partial charge on any atom is -0.490 e. The smallest absolute Gasteiger partial charge is 0.135 e. The monoisotopic (exact) mass is 878 g/mol. The Morgan fingerprint density at radius 1 is 0.469 bits per heavy atom. The molecule has 6 aromatic carbocycles. The first-order valence-electron chi connectivity index (χ1n) is 22.9. The number of ether oxygens (including phenoxy) is 9. The minimum atomic E-state index is -0.356. The van der Waals surface area contributed by atoms with E-state index in [4.69, 9.17) is 42.6 Å². The summed E-state index contributed by atoms with van der Waals surface area (Å²) in [5, 5.41) is 17.6. The SMILES string of the molecule is CCOCCOc1c2cc(C(C)C(C)(C)c3ccc4c(OCCOCCOC)c5ccccc5c(OCCOCCOC)c4c3)ccc2c(OCCO)c2ccc(C(C)(C)CC)cc12. The highest BCUT2D eigenvalue weighted by Crippen LogP contribution is 2.49. The molecule has 0 radical (unpaired) electrons. The van der Waals surface area contributed by atoms with E-state index in [2.05, 4.69) is 108 Å². The lowest BCUT2D eigenvalue weighted by molar-refractivity contribution is 0.0545. The summed E-state index contributed by atoms with van der Waals surface area (Å²) < 4.78 is 54.0. The minimum absolute atomic E-state index is 0.0431. The first kappa shape index (κ1) is 48.8. The van der Waals surface area contributed by atoms with Crippen LogP contribution < -0.4 is 18.9 Å². The summed E-state index contributed by atoms with van der Waals surface area (Å²) in [6, 6.07) is 28.1. The number of fused-ring (bicyclic) bond motifs is 4. The molecule has 10 heteroatoms. The van der Waals surface area contributed by atoms with Gasteiger partial charge in [-0.15, -0.1) is 0 Å². The van der Waals surface area contributed by atoms with Crippen LogP contribution in [-0.4, -0.2) is 105 Å². The van der Waals surface area contributed by atoms with Crippen LogP contribution in [-0.2, 0) is 34.5 Å². The van der Waals surface area contributed by atoms with E-state index >= 15 is 0 Å². The number of benzene rings is 6. The normalized spacial score (nSPS) is 12.7. The van der Waals surface area contributed by atoms with Crippen molar-refractivity contribution in [2.45, 2.75) is 71.6 Å². The number of aliphatic hydroxyl groups is 1. The molecular formula is C54H70O10. The van der Waals surface area contributed by atoms with Gasteiger partial charge < -0.3 is 47.7 Å². The van der Waals surface area contributed by atoms with Crippen molar-refractivity contribution >= 4 is 43.1 Å². The van der Waals surface area contributed by atoms with Crippen molar-refractivity contribution < 1.29 is 47.7 Å². The lowest BCUT2D eigenvalue weighted by Gasteiger charge is -2.34. The van der Waals surface area contributed by atoms with E-state index in [1.165, 1.54) is 5.56 Å². The molecule has 1 atom stereocenters. The summed E-state index contributed by atoms with van der Waals surface area (Å²) in [6.07, 6.45) is 0.984. The van der Waals surface area contributed by atoms with Crippen LogP contribution in [0.25, 0.3) is 43.1 Å². The van der Waals surface area contributed by atoms with Gasteiger partial charge in [-0.1, -0.05) is 102 Å². The molecule has 0 aromatic heterocycles. The maximum atomic E-state index is 9.90. The number of rotatable bonds is 27. The van der Waals surface area contributed by atoms with Crippen molar-refractivity contribution in [3.63, 3.8) is 0 Å². The van der Waals surface area contributed by atoms with Crippen molar-refractivity contribution in [3.05, 3.63) is 95.6 Å². The Kier molecular flexibility index (Phi) is 17.5. The second-order valence-electron chi connectivity index (χ2n) is 17.4. The first-order chi connectivity index (χ1) is 31.0. The van der Waals surface area contributed by atoms with Gasteiger partial charge in [-0.3, -0.25) is 0 Å². The molecule has 346 valence electrons. The van der Waals surface area contributed by atoms with Crippen LogP contribution in [0.1, 0.15) is 77.5 Å². The molecule has 0 aliphatic carbocycles. The van der Waals surface area contributed by atoms with Crippen LogP contribution in [0.15, 0.2) is 78.9 Å². The summed E-state index contributed by atoms with van der Waals surface area (Å²) in [7, 11) is 3.33. The molecule has 64 heavy (non-hydrogen) atoms. The summed E-state index contributed by atoms with van der Waals surface area (Å²) in [6.45, 7) is 20.9. The molecule has 0 saturated carbocycles. The largest absolute Gasteiger partial charge is 0.490 e. The molecule has 0 saturated heterocycles. The summed E-state index contributed by atoms with van der Waals surface area (Å²) in [5.74, 6) is 3.19. The van der Waals surface area contributed by atoms with Gasteiger partial charge in [0.25, 0.3) is 0 Å². The third kappa shape index (κ3) is 11.0. The Labute approximate surface area is 380 Å². The van der Waals surface area contributed by atoms with E-state index in [0.29, 0.717) is 72.7 Å². The van der Waals surface area contributed by atoms with E-state index in [-0.39, 0.29) is 30.0 Å². The third-order valence-corrected chi connectivity index (χ3v) is 12.8. The van der Waals surface area contributed by atoms with Crippen molar-refractivity contribution in [3.8, 4) is 23.0 Å². The number of methoxy groups -OCH3 is 2. The van der Waals surface area contributed by atoms with E-state index < -0.39 is 0 Å². The second kappa shape index (κ2) is 23.0. The van der Waals surface area contributed by atoms with Gasteiger partial charge in [0, 0.05) is 63.9 Å². The standard InChI is InChI=1S/C54H70O10/c1-10-53(4,5)39-17-20-44-47(35-39)52(64-31-28-58-11-2)46-34-38(16-19-43(46)50(44)61-23-22-55)37(3)54(6,7)40-18-21-45-48(36-40)51(63-33-30-60-27-25-57-9)42-15-13-12-14-41(42)49(45)62-32-29-59-26-24-56-8/h12-21,34-37,55H,10-11,22-33H2,1-9H3. The average molecular weight is 879 g/mol. The van der Waals surface area contributed by atoms with Crippen molar-refractivity contribution in [1.29, 1.82) is 0 Å². The lowest BCUT2D eigenvalue weighted by atomic mass is 9.70. The summed E-state index contributed by atoms with van der Waals surface area (Å²) in [4.78, 5) is 0. The van der Waals surface area contributed by atoms with Gasteiger partial charge in [0.2, 0.25) is 0 Å². The van der Waals surface area contributed by atoms with E-state index in [1.54, 1.807) is 14.2 Å². The Morgan fingerprint density at radius 2 is 0.891 bits per heavy atom. The summed E-state index contributed by atoms with van der Waals surface area (Å²) in [5.41, 5.74) is 3.14. The van der Waals surface area contributed by atoms with Crippen LogP contribution in [0.5, 0.6) is 23.0 Å². The fourth-order valence-corrected chi connectivity index (χ4v) is 8.24. The van der Waals surface area contributed by atoms with Crippen LogP contribution >= 0.6 is 0 Å². The average Bonchev–Trinajstić information content (AvgIpc) is 3.31. The molecule has 1 N–H and O–H groups in total. The molecule has 1 unspecified atom stereocenters. The molecule has 0 heterocycles. The zero-order valence-electron chi connectivity index (χ0n) is 39.6. The number of hydrogen-bond donors (Lipinski definition) is 1. The molecule has 6 aromatic rings. The molecule has 0 aliphatic rings. The van der Waals surface area contributed by atoms with Crippen LogP contribution in [0, 0.1) is 0 Å². The molecule has 0 spiro atoms. The maximum Gasteiger partial charge on any atom is 0.135 e. The highest BCUT2D eigenvalue weighted by molar-refractivity contribution is 6.12. The molecule has 0 amide bonds.